The highest BCUT2D eigenvalue weighted by molar-refractivity contribution is 5.14. The van der Waals surface area contributed by atoms with Crippen LogP contribution in [0.25, 0.3) is 0 Å². The molecule has 0 aromatic carbocycles. The Labute approximate surface area is 105 Å². The van der Waals surface area contributed by atoms with E-state index in [0.29, 0.717) is 0 Å². The van der Waals surface area contributed by atoms with Gasteiger partial charge in [0.1, 0.15) is 0 Å². The Hall–Kier alpha value is -0.830. The Morgan fingerprint density at radius 3 is 2.82 bits per heavy atom. The molecule has 3 heteroatoms. The summed E-state index contributed by atoms with van der Waals surface area (Å²) in [6.45, 7) is 4.12. The van der Waals surface area contributed by atoms with E-state index in [1.165, 1.54) is 49.8 Å². The van der Waals surface area contributed by atoms with Crippen LogP contribution in [0.15, 0.2) is 6.20 Å². The van der Waals surface area contributed by atoms with E-state index >= 15 is 0 Å². The van der Waals surface area contributed by atoms with Gasteiger partial charge in [0.15, 0.2) is 0 Å². The van der Waals surface area contributed by atoms with Gasteiger partial charge in [-0.2, -0.15) is 5.10 Å². The van der Waals surface area contributed by atoms with Crippen LogP contribution in [-0.4, -0.2) is 16.8 Å². The molecule has 0 atom stereocenters. The molecule has 1 saturated carbocycles. The molecular formula is C14H25N3. The third-order valence-electron chi connectivity index (χ3n) is 3.91. The molecule has 1 fully saturated rings. The molecule has 0 radical (unpaired) electrons. The molecule has 1 N–H and O–H groups in total. The normalized spacial score (nSPS) is 17.5. The second-order valence-electron chi connectivity index (χ2n) is 5.33. The molecular weight excluding hydrogens is 210 g/mol. The molecule has 3 nitrogen and oxygen atoms in total. The Kier molecular flexibility index (Phi) is 4.60. The molecule has 1 heterocycles. The molecule has 17 heavy (non-hydrogen) atoms. The first-order chi connectivity index (χ1) is 8.29. The summed E-state index contributed by atoms with van der Waals surface area (Å²) in [7, 11) is 1.98. The van der Waals surface area contributed by atoms with Crippen molar-refractivity contribution in [3.8, 4) is 0 Å². The largest absolute Gasteiger partial charge is 0.316 e. The van der Waals surface area contributed by atoms with Crippen LogP contribution in [-0.2, 0) is 13.1 Å². The lowest BCUT2D eigenvalue weighted by Crippen LogP contribution is -2.10. The molecule has 1 aliphatic carbocycles. The van der Waals surface area contributed by atoms with Crippen molar-refractivity contribution < 1.29 is 0 Å². The van der Waals surface area contributed by atoms with E-state index < -0.39 is 0 Å². The van der Waals surface area contributed by atoms with E-state index in [2.05, 4.69) is 28.2 Å². The van der Waals surface area contributed by atoms with Gasteiger partial charge < -0.3 is 5.32 Å². The molecule has 0 saturated heterocycles. The second-order valence-corrected chi connectivity index (χ2v) is 5.33. The first kappa shape index (κ1) is 12.6. The van der Waals surface area contributed by atoms with E-state index in [1.807, 2.05) is 7.05 Å². The summed E-state index contributed by atoms with van der Waals surface area (Å²) in [5, 5.41) is 7.78. The van der Waals surface area contributed by atoms with Crippen molar-refractivity contribution in [2.75, 3.05) is 7.05 Å². The summed E-state index contributed by atoms with van der Waals surface area (Å²) in [4.78, 5) is 0. The molecule has 1 aromatic rings. The van der Waals surface area contributed by atoms with Crippen molar-refractivity contribution in [2.45, 2.75) is 58.5 Å². The van der Waals surface area contributed by atoms with E-state index in [4.69, 9.17) is 0 Å². The Balaban J connectivity index is 1.83. The highest BCUT2D eigenvalue weighted by atomic mass is 15.3. The first-order valence-electron chi connectivity index (χ1n) is 6.97. The summed E-state index contributed by atoms with van der Waals surface area (Å²) in [6, 6.07) is 0. The summed E-state index contributed by atoms with van der Waals surface area (Å²) < 4.78 is 2.14. The minimum Gasteiger partial charge on any atom is -0.316 e. The number of hydrogen-bond acceptors (Lipinski definition) is 2. The maximum Gasteiger partial charge on any atom is 0.0638 e. The second kappa shape index (κ2) is 6.20. The summed E-state index contributed by atoms with van der Waals surface area (Å²) in [6.07, 6.45) is 10.7. The third-order valence-corrected chi connectivity index (χ3v) is 3.91. The quantitative estimate of drug-likeness (QED) is 0.850. The van der Waals surface area contributed by atoms with E-state index in [-0.39, 0.29) is 0 Å². The zero-order chi connectivity index (χ0) is 12.1. The third kappa shape index (κ3) is 3.56. The Morgan fingerprint density at radius 2 is 2.12 bits per heavy atom. The van der Waals surface area contributed by atoms with Gasteiger partial charge in [0.05, 0.1) is 5.69 Å². The molecule has 2 rings (SSSR count). The fourth-order valence-electron chi connectivity index (χ4n) is 2.83. The van der Waals surface area contributed by atoms with Crippen LogP contribution in [0.3, 0.4) is 0 Å². The van der Waals surface area contributed by atoms with Crippen LogP contribution in [0.2, 0.25) is 0 Å². The lowest BCUT2D eigenvalue weighted by atomic mass is 9.87. The van der Waals surface area contributed by atoms with Crippen LogP contribution < -0.4 is 5.32 Å². The molecule has 1 aliphatic rings. The molecule has 0 bridgehead atoms. The number of hydrogen-bond donors (Lipinski definition) is 1. The lowest BCUT2D eigenvalue weighted by Gasteiger charge is -2.21. The number of aryl methyl sites for hydroxylation is 2. The van der Waals surface area contributed by atoms with Gasteiger partial charge in [0, 0.05) is 24.8 Å². The van der Waals surface area contributed by atoms with Gasteiger partial charge in [-0.25, -0.2) is 0 Å². The molecule has 0 spiro atoms. The van der Waals surface area contributed by atoms with Crippen molar-refractivity contribution >= 4 is 0 Å². The maximum absolute atomic E-state index is 4.59. The summed E-state index contributed by atoms with van der Waals surface area (Å²) in [5.41, 5.74) is 2.50. The number of rotatable bonds is 5. The molecule has 1 aromatic heterocycles. The lowest BCUT2D eigenvalue weighted by molar-refractivity contribution is 0.318. The minimum absolute atomic E-state index is 0.926. The van der Waals surface area contributed by atoms with Gasteiger partial charge >= 0.3 is 0 Å². The predicted octanol–water partition coefficient (Wildman–Crippen LogP) is 2.88. The van der Waals surface area contributed by atoms with Crippen molar-refractivity contribution in [1.82, 2.24) is 15.1 Å². The molecule has 0 unspecified atom stereocenters. The smallest absolute Gasteiger partial charge is 0.0638 e. The van der Waals surface area contributed by atoms with Crippen molar-refractivity contribution in [2.24, 2.45) is 5.92 Å². The van der Waals surface area contributed by atoms with Crippen LogP contribution in [0.4, 0.5) is 0 Å². The highest BCUT2D eigenvalue weighted by Crippen LogP contribution is 2.26. The van der Waals surface area contributed by atoms with Gasteiger partial charge in [-0.15, -0.1) is 0 Å². The van der Waals surface area contributed by atoms with Crippen LogP contribution in [0.5, 0.6) is 0 Å². The number of nitrogens with zero attached hydrogens (tertiary/aromatic N) is 2. The van der Waals surface area contributed by atoms with Gasteiger partial charge in [-0.3, -0.25) is 4.68 Å². The highest BCUT2D eigenvalue weighted by Gasteiger charge is 2.13. The Bertz CT molecular complexity index is 337. The number of aromatic nitrogens is 2. The first-order valence-corrected chi connectivity index (χ1v) is 6.97. The van der Waals surface area contributed by atoms with Gasteiger partial charge in [-0.1, -0.05) is 32.1 Å². The summed E-state index contributed by atoms with van der Waals surface area (Å²) >= 11 is 0. The average Bonchev–Trinajstić information content (AvgIpc) is 2.70. The van der Waals surface area contributed by atoms with Gasteiger partial charge in [0.2, 0.25) is 0 Å². The van der Waals surface area contributed by atoms with Crippen molar-refractivity contribution in [1.29, 1.82) is 0 Å². The minimum atomic E-state index is 0.926. The van der Waals surface area contributed by atoms with Crippen LogP contribution in [0, 0.1) is 12.8 Å². The fourth-order valence-corrected chi connectivity index (χ4v) is 2.83. The Morgan fingerprint density at radius 1 is 1.35 bits per heavy atom. The zero-order valence-electron chi connectivity index (χ0n) is 11.2. The van der Waals surface area contributed by atoms with Crippen LogP contribution >= 0.6 is 0 Å². The monoisotopic (exact) mass is 235 g/mol. The van der Waals surface area contributed by atoms with E-state index in [9.17, 15) is 0 Å². The van der Waals surface area contributed by atoms with Gasteiger partial charge in [0.25, 0.3) is 0 Å². The van der Waals surface area contributed by atoms with E-state index in [1.54, 1.807) is 0 Å². The van der Waals surface area contributed by atoms with E-state index in [0.717, 1.165) is 19.0 Å². The SMILES string of the molecule is CNCc1cn(CCC2CCCCC2)nc1C. The zero-order valence-corrected chi connectivity index (χ0v) is 11.2. The average molecular weight is 235 g/mol. The molecule has 0 amide bonds. The predicted molar refractivity (Wildman–Crippen MR) is 70.9 cm³/mol. The molecule has 96 valence electrons. The number of nitrogens with one attached hydrogen (secondary N) is 1. The van der Waals surface area contributed by atoms with Crippen molar-refractivity contribution in [3.05, 3.63) is 17.5 Å². The fraction of sp³-hybridized carbons (Fsp3) is 0.786. The summed E-state index contributed by atoms with van der Waals surface area (Å²) in [5.74, 6) is 0.945. The van der Waals surface area contributed by atoms with Gasteiger partial charge in [-0.05, 0) is 26.3 Å². The topological polar surface area (TPSA) is 29.9 Å². The standard InChI is InChI=1S/C14H25N3/c1-12-14(10-15-2)11-17(16-12)9-8-13-6-4-3-5-7-13/h11,13,15H,3-10H2,1-2H3. The van der Waals surface area contributed by atoms with Crippen LogP contribution in [0.1, 0.15) is 49.8 Å². The maximum atomic E-state index is 4.59. The molecule has 0 aliphatic heterocycles. The van der Waals surface area contributed by atoms with Crippen molar-refractivity contribution in [3.63, 3.8) is 0 Å².